The molecule has 84 valence electrons. The van der Waals surface area contributed by atoms with Crippen LogP contribution in [0.25, 0.3) is 0 Å². The van der Waals surface area contributed by atoms with Crippen LogP contribution in [0.5, 0.6) is 0 Å². The van der Waals surface area contributed by atoms with Crippen molar-refractivity contribution >= 4 is 0 Å². The van der Waals surface area contributed by atoms with E-state index in [0.717, 1.165) is 19.6 Å². The van der Waals surface area contributed by atoms with Crippen LogP contribution in [0.15, 0.2) is 0 Å². The summed E-state index contributed by atoms with van der Waals surface area (Å²) in [7, 11) is 0. The van der Waals surface area contributed by atoms with Gasteiger partial charge in [-0.2, -0.15) is 0 Å². The first-order valence-electron chi connectivity index (χ1n) is 5.70. The molecule has 1 fully saturated rings. The van der Waals surface area contributed by atoms with Gasteiger partial charge in [-0.3, -0.25) is 0 Å². The Morgan fingerprint density at radius 1 is 1.21 bits per heavy atom. The zero-order valence-electron chi connectivity index (χ0n) is 9.41. The second-order valence-corrected chi connectivity index (χ2v) is 4.40. The average Bonchev–Trinajstić information content (AvgIpc) is 2.16. The molecule has 14 heavy (non-hydrogen) atoms. The Labute approximate surface area is 87.1 Å². The van der Waals surface area contributed by atoms with E-state index in [1.807, 2.05) is 13.8 Å². The van der Waals surface area contributed by atoms with Crippen LogP contribution in [-0.4, -0.2) is 48.5 Å². The quantitative estimate of drug-likeness (QED) is 0.727. The number of aliphatic hydroxyl groups excluding tert-OH is 1. The summed E-state index contributed by atoms with van der Waals surface area (Å²) in [5.41, 5.74) is 0. The monoisotopic (exact) mass is 201 g/mol. The molecular weight excluding hydrogens is 178 g/mol. The van der Waals surface area contributed by atoms with Crippen molar-refractivity contribution in [3.8, 4) is 0 Å². The fourth-order valence-corrected chi connectivity index (χ4v) is 1.80. The Kier molecular flexibility index (Phi) is 5.45. The van der Waals surface area contributed by atoms with Crippen molar-refractivity contribution in [3.05, 3.63) is 0 Å². The molecule has 0 aliphatic carbocycles. The lowest BCUT2D eigenvalue weighted by atomic mass is 10.1. The normalized spacial score (nSPS) is 21.4. The molecule has 0 aromatic heterocycles. The van der Waals surface area contributed by atoms with Crippen molar-refractivity contribution in [3.63, 3.8) is 0 Å². The Morgan fingerprint density at radius 2 is 1.86 bits per heavy atom. The van der Waals surface area contributed by atoms with E-state index in [-0.39, 0.29) is 12.2 Å². The second kappa shape index (κ2) is 6.38. The van der Waals surface area contributed by atoms with Crippen LogP contribution in [0, 0.1) is 0 Å². The lowest BCUT2D eigenvalue weighted by Crippen LogP contribution is -2.38. The molecule has 1 rings (SSSR count). The van der Waals surface area contributed by atoms with Gasteiger partial charge in [-0.25, -0.2) is 0 Å². The molecule has 1 atom stereocenters. The fraction of sp³-hybridized carbons (Fsp3) is 1.00. The van der Waals surface area contributed by atoms with E-state index in [4.69, 9.17) is 4.74 Å². The van der Waals surface area contributed by atoms with Gasteiger partial charge in [0.1, 0.15) is 0 Å². The van der Waals surface area contributed by atoms with Crippen molar-refractivity contribution in [2.45, 2.75) is 45.3 Å². The van der Waals surface area contributed by atoms with Gasteiger partial charge >= 0.3 is 0 Å². The van der Waals surface area contributed by atoms with Crippen molar-refractivity contribution in [1.29, 1.82) is 0 Å². The molecule has 0 aromatic carbocycles. The minimum Gasteiger partial charge on any atom is -0.389 e. The van der Waals surface area contributed by atoms with E-state index >= 15 is 0 Å². The minimum atomic E-state index is -0.324. The number of rotatable bonds is 5. The maximum atomic E-state index is 9.68. The van der Waals surface area contributed by atoms with E-state index in [1.165, 1.54) is 19.3 Å². The molecule has 0 saturated carbocycles. The highest BCUT2D eigenvalue weighted by molar-refractivity contribution is 4.68. The summed E-state index contributed by atoms with van der Waals surface area (Å²) in [5.74, 6) is 0. The molecule has 0 bridgehead atoms. The smallest absolute Gasteiger partial charge is 0.0900 e. The van der Waals surface area contributed by atoms with Crippen LogP contribution in [0.4, 0.5) is 0 Å². The third kappa shape index (κ3) is 4.94. The third-order valence-corrected chi connectivity index (χ3v) is 2.54. The molecular formula is C11H23NO2. The number of hydrogen-bond acceptors (Lipinski definition) is 3. The molecule has 0 unspecified atom stereocenters. The summed E-state index contributed by atoms with van der Waals surface area (Å²) < 4.78 is 5.37. The van der Waals surface area contributed by atoms with E-state index in [1.54, 1.807) is 0 Å². The van der Waals surface area contributed by atoms with Gasteiger partial charge in [0.15, 0.2) is 0 Å². The first kappa shape index (κ1) is 12.0. The van der Waals surface area contributed by atoms with E-state index in [9.17, 15) is 5.11 Å². The van der Waals surface area contributed by atoms with E-state index in [0.29, 0.717) is 6.61 Å². The van der Waals surface area contributed by atoms with Crippen LogP contribution < -0.4 is 0 Å². The Balaban J connectivity index is 2.09. The van der Waals surface area contributed by atoms with Crippen molar-refractivity contribution in [2.24, 2.45) is 0 Å². The Bertz CT molecular complexity index is 144. The van der Waals surface area contributed by atoms with E-state index < -0.39 is 0 Å². The van der Waals surface area contributed by atoms with Gasteiger partial charge in [-0.05, 0) is 39.8 Å². The van der Waals surface area contributed by atoms with Crippen molar-refractivity contribution < 1.29 is 9.84 Å². The van der Waals surface area contributed by atoms with Gasteiger partial charge in [0.25, 0.3) is 0 Å². The fourth-order valence-electron chi connectivity index (χ4n) is 1.80. The standard InChI is InChI=1S/C11H23NO2/c1-10(2)14-9-11(13)8-12-6-4-3-5-7-12/h10-11,13H,3-9H2,1-2H3/t11-/m0/s1. The second-order valence-electron chi connectivity index (χ2n) is 4.40. The first-order valence-corrected chi connectivity index (χ1v) is 5.70. The summed E-state index contributed by atoms with van der Waals surface area (Å²) >= 11 is 0. The molecule has 0 amide bonds. The van der Waals surface area contributed by atoms with Crippen LogP contribution in [0.3, 0.4) is 0 Å². The molecule has 1 aliphatic heterocycles. The topological polar surface area (TPSA) is 32.7 Å². The zero-order chi connectivity index (χ0) is 10.4. The van der Waals surface area contributed by atoms with Gasteiger partial charge in [0, 0.05) is 6.54 Å². The van der Waals surface area contributed by atoms with Crippen LogP contribution >= 0.6 is 0 Å². The van der Waals surface area contributed by atoms with Crippen molar-refractivity contribution in [1.82, 2.24) is 4.90 Å². The third-order valence-electron chi connectivity index (χ3n) is 2.54. The lowest BCUT2D eigenvalue weighted by molar-refractivity contribution is -0.0105. The van der Waals surface area contributed by atoms with Gasteiger partial charge in [0.2, 0.25) is 0 Å². The summed E-state index contributed by atoms with van der Waals surface area (Å²) in [5, 5.41) is 9.68. The maximum absolute atomic E-state index is 9.68. The first-order chi connectivity index (χ1) is 6.68. The highest BCUT2D eigenvalue weighted by atomic mass is 16.5. The number of likely N-dealkylation sites (tertiary alicyclic amines) is 1. The number of aliphatic hydroxyl groups is 1. The van der Waals surface area contributed by atoms with Crippen LogP contribution in [-0.2, 0) is 4.74 Å². The SMILES string of the molecule is CC(C)OC[C@@H](O)CN1CCCCC1. The molecule has 1 saturated heterocycles. The Hall–Kier alpha value is -0.120. The molecule has 1 N–H and O–H groups in total. The van der Waals surface area contributed by atoms with Crippen molar-refractivity contribution in [2.75, 3.05) is 26.2 Å². The summed E-state index contributed by atoms with van der Waals surface area (Å²) in [6.07, 6.45) is 3.78. The predicted octanol–water partition coefficient (Wildman–Crippen LogP) is 1.26. The maximum Gasteiger partial charge on any atom is 0.0900 e. The molecule has 1 heterocycles. The summed E-state index contributed by atoms with van der Waals surface area (Å²) in [6.45, 7) is 7.50. The largest absolute Gasteiger partial charge is 0.389 e. The average molecular weight is 201 g/mol. The molecule has 0 aromatic rings. The number of piperidine rings is 1. The number of nitrogens with zero attached hydrogens (tertiary/aromatic N) is 1. The number of β-amino-alcohol motifs (C(OH)–C–C–N with tert-alkyl or cyclic N) is 1. The van der Waals surface area contributed by atoms with E-state index in [2.05, 4.69) is 4.90 Å². The highest BCUT2D eigenvalue weighted by Gasteiger charge is 2.14. The van der Waals surface area contributed by atoms with Crippen LogP contribution in [0.1, 0.15) is 33.1 Å². The Morgan fingerprint density at radius 3 is 2.43 bits per heavy atom. The summed E-state index contributed by atoms with van der Waals surface area (Å²) in [4.78, 5) is 2.33. The molecule has 3 nitrogen and oxygen atoms in total. The van der Waals surface area contributed by atoms with Gasteiger partial charge in [-0.1, -0.05) is 6.42 Å². The molecule has 0 spiro atoms. The molecule has 3 heteroatoms. The van der Waals surface area contributed by atoms with Gasteiger partial charge < -0.3 is 14.7 Å². The van der Waals surface area contributed by atoms with Gasteiger partial charge in [-0.15, -0.1) is 0 Å². The van der Waals surface area contributed by atoms with Gasteiger partial charge in [0.05, 0.1) is 18.8 Å². The predicted molar refractivity (Wildman–Crippen MR) is 57.4 cm³/mol. The number of ether oxygens (including phenoxy) is 1. The highest BCUT2D eigenvalue weighted by Crippen LogP contribution is 2.09. The lowest BCUT2D eigenvalue weighted by Gasteiger charge is -2.28. The number of hydrogen-bond donors (Lipinski definition) is 1. The van der Waals surface area contributed by atoms with Crippen LogP contribution in [0.2, 0.25) is 0 Å². The molecule has 1 aliphatic rings. The summed E-state index contributed by atoms with van der Waals surface area (Å²) in [6, 6.07) is 0. The zero-order valence-corrected chi connectivity index (χ0v) is 9.41. The minimum absolute atomic E-state index is 0.214. The molecule has 0 radical (unpaired) electrons.